The molecule has 302 valence electrons. The molecule has 0 bridgehead atoms. The number of rotatable bonds is 6. The van der Waals surface area contributed by atoms with Gasteiger partial charge < -0.3 is 25.0 Å². The number of carbonyl (C=O) groups excluding carboxylic acids is 5. The van der Waals surface area contributed by atoms with Crippen LogP contribution in [-0.2, 0) is 52.7 Å². The van der Waals surface area contributed by atoms with E-state index in [0.29, 0.717) is 36.8 Å². The van der Waals surface area contributed by atoms with E-state index in [0.717, 1.165) is 6.07 Å². The van der Waals surface area contributed by atoms with Gasteiger partial charge in [-0.15, -0.1) is 0 Å². The van der Waals surface area contributed by atoms with Crippen molar-refractivity contribution in [2.45, 2.75) is 114 Å². The first-order valence-corrected chi connectivity index (χ1v) is 20.4. The van der Waals surface area contributed by atoms with Crippen LogP contribution in [0.3, 0.4) is 0 Å². The Morgan fingerprint density at radius 3 is 2.48 bits per heavy atom. The standard InChI is InChI=1S/C39H47F2N5O9S/c1-38(2,3)55-36(50)42-31-17-8-6-4-5-7-14-26-19-39(26,35(49)44-56(52,53)23-25-12-9-10-15-29(25)40)43-33(47)32-18-27(21-46(32)34(31)48)54-37(51)45-20-24-13-11-16-30(41)28(24)22-45/h7,9-16,26-27,31-32H,4-6,8,17-23H2,1-3H3,(H,42,50)(H,43,47)(H,44,49)/t26-,27-,31+,32+,39-/m1/s1. The van der Waals surface area contributed by atoms with Crippen LogP contribution in [0.2, 0.25) is 0 Å². The normalized spacial score (nSPS) is 25.4. The van der Waals surface area contributed by atoms with Crippen LogP contribution in [0.1, 0.15) is 82.4 Å². The lowest BCUT2D eigenvalue weighted by Gasteiger charge is -2.30. The van der Waals surface area contributed by atoms with E-state index in [1.54, 1.807) is 39.0 Å². The molecule has 1 saturated carbocycles. The minimum Gasteiger partial charge on any atom is -0.444 e. The van der Waals surface area contributed by atoms with Crippen molar-refractivity contribution >= 4 is 39.9 Å². The first-order chi connectivity index (χ1) is 26.4. The van der Waals surface area contributed by atoms with Gasteiger partial charge in [0.1, 0.15) is 41.0 Å². The molecule has 1 saturated heterocycles. The number of benzene rings is 2. The van der Waals surface area contributed by atoms with Crippen molar-refractivity contribution in [3.63, 3.8) is 0 Å². The van der Waals surface area contributed by atoms with Crippen molar-refractivity contribution in [1.29, 1.82) is 0 Å². The zero-order valence-corrected chi connectivity index (χ0v) is 32.3. The summed E-state index contributed by atoms with van der Waals surface area (Å²) in [5.41, 5.74) is -1.76. The molecule has 2 aromatic rings. The molecular weight excluding hydrogens is 753 g/mol. The molecule has 0 aromatic heterocycles. The number of ether oxygens (including phenoxy) is 2. The summed E-state index contributed by atoms with van der Waals surface area (Å²) >= 11 is 0. The molecule has 0 radical (unpaired) electrons. The minimum absolute atomic E-state index is 0.0334. The van der Waals surface area contributed by atoms with E-state index < -0.39 is 92.6 Å². The van der Waals surface area contributed by atoms with E-state index in [2.05, 4.69) is 10.6 Å². The second-order valence-electron chi connectivity index (χ2n) is 15.8. The van der Waals surface area contributed by atoms with E-state index in [1.165, 1.54) is 34.1 Å². The van der Waals surface area contributed by atoms with Crippen molar-refractivity contribution in [2.24, 2.45) is 5.92 Å². The third-order valence-electron chi connectivity index (χ3n) is 10.3. The second-order valence-corrected chi connectivity index (χ2v) is 17.5. The first-order valence-electron chi connectivity index (χ1n) is 18.7. The fourth-order valence-corrected chi connectivity index (χ4v) is 8.61. The third kappa shape index (κ3) is 9.48. The first kappa shape index (κ1) is 40.6. The van der Waals surface area contributed by atoms with E-state index in [1.807, 2.05) is 10.8 Å². The molecule has 6 rings (SSSR count). The molecule has 17 heteroatoms. The van der Waals surface area contributed by atoms with Crippen molar-refractivity contribution < 1.29 is 50.6 Å². The van der Waals surface area contributed by atoms with Crippen molar-refractivity contribution in [2.75, 3.05) is 6.54 Å². The summed E-state index contributed by atoms with van der Waals surface area (Å²) in [7, 11) is -4.43. The van der Waals surface area contributed by atoms with Crippen LogP contribution in [0, 0.1) is 17.6 Å². The van der Waals surface area contributed by atoms with Crippen molar-refractivity contribution in [1.82, 2.24) is 25.2 Å². The number of alkyl carbamates (subject to hydrolysis) is 1. The number of hydrogen-bond acceptors (Lipinski definition) is 9. The fourth-order valence-electron chi connectivity index (χ4n) is 7.43. The Balaban J connectivity index is 1.25. The molecule has 3 heterocycles. The number of nitrogens with zero attached hydrogens (tertiary/aromatic N) is 2. The van der Waals surface area contributed by atoms with Crippen molar-refractivity contribution in [3.05, 3.63) is 82.9 Å². The van der Waals surface area contributed by atoms with Gasteiger partial charge in [0.2, 0.25) is 21.8 Å². The van der Waals surface area contributed by atoms with Gasteiger partial charge in [-0.2, -0.15) is 0 Å². The van der Waals surface area contributed by atoms with E-state index in [4.69, 9.17) is 9.47 Å². The number of halogens is 2. The highest BCUT2D eigenvalue weighted by molar-refractivity contribution is 7.89. The van der Waals surface area contributed by atoms with E-state index in [9.17, 15) is 41.2 Å². The summed E-state index contributed by atoms with van der Waals surface area (Å²) in [5, 5.41) is 5.37. The molecule has 2 fully saturated rings. The van der Waals surface area contributed by atoms with Gasteiger partial charge in [-0.25, -0.2) is 26.8 Å². The van der Waals surface area contributed by atoms with Gasteiger partial charge >= 0.3 is 12.2 Å². The summed E-state index contributed by atoms with van der Waals surface area (Å²) < 4.78 is 68.3. The number of nitrogens with one attached hydrogen (secondary N) is 3. The van der Waals surface area contributed by atoms with Gasteiger partial charge in [-0.3, -0.25) is 24.0 Å². The summed E-state index contributed by atoms with van der Waals surface area (Å²) in [6.07, 6.45) is 3.53. The number of carbonyl (C=O) groups is 5. The van der Waals surface area contributed by atoms with Crippen LogP contribution >= 0.6 is 0 Å². The van der Waals surface area contributed by atoms with Crippen LogP contribution < -0.4 is 15.4 Å². The monoisotopic (exact) mass is 799 g/mol. The highest BCUT2D eigenvalue weighted by Crippen LogP contribution is 2.46. The van der Waals surface area contributed by atoms with Gasteiger partial charge in [0, 0.05) is 30.0 Å². The number of hydrogen-bond donors (Lipinski definition) is 3. The van der Waals surface area contributed by atoms with Gasteiger partial charge in [-0.05, 0) is 64.2 Å². The third-order valence-corrected chi connectivity index (χ3v) is 11.5. The average molecular weight is 800 g/mol. The Kier molecular flexibility index (Phi) is 11.7. The summed E-state index contributed by atoms with van der Waals surface area (Å²) in [6, 6.07) is 7.37. The molecule has 1 aliphatic carbocycles. The molecular formula is C39H47F2N5O9S. The highest BCUT2D eigenvalue weighted by Gasteiger charge is 2.61. The molecule has 0 spiro atoms. The Bertz CT molecular complexity index is 2020. The zero-order valence-electron chi connectivity index (χ0n) is 31.5. The lowest BCUT2D eigenvalue weighted by Crippen LogP contribution is -2.58. The topological polar surface area (TPSA) is 181 Å². The van der Waals surface area contributed by atoms with E-state index >= 15 is 0 Å². The number of fused-ring (bicyclic) bond motifs is 3. The molecule has 14 nitrogen and oxygen atoms in total. The molecule has 56 heavy (non-hydrogen) atoms. The maximum absolute atomic E-state index is 14.5. The number of amides is 5. The predicted molar refractivity (Wildman–Crippen MR) is 198 cm³/mol. The molecule has 3 N–H and O–H groups in total. The summed E-state index contributed by atoms with van der Waals surface area (Å²) in [5.74, 6) is -5.12. The maximum Gasteiger partial charge on any atom is 0.410 e. The number of sulfonamides is 1. The molecule has 2 aromatic carbocycles. The van der Waals surface area contributed by atoms with Crippen LogP contribution in [-0.4, -0.2) is 84.0 Å². The summed E-state index contributed by atoms with van der Waals surface area (Å²) in [4.78, 5) is 71.3. The van der Waals surface area contributed by atoms with Gasteiger partial charge in [0.25, 0.3) is 5.91 Å². The van der Waals surface area contributed by atoms with Gasteiger partial charge in [0.05, 0.1) is 18.8 Å². The molecule has 5 amide bonds. The lowest BCUT2D eigenvalue weighted by molar-refractivity contribution is -0.141. The average Bonchev–Trinajstić information content (AvgIpc) is 3.40. The molecule has 4 aliphatic rings. The van der Waals surface area contributed by atoms with Crippen LogP contribution in [0.25, 0.3) is 0 Å². The SMILES string of the molecule is CC(C)(C)OC(=O)N[C@H]1CCCCCC=C[C@@H]2C[C@@]2(C(=O)NS(=O)(=O)Cc2ccccc2F)NC(=O)[C@@H]2C[C@@H](OC(=O)N3Cc4cccc(F)c4C3)CN2C1=O. The Hall–Kier alpha value is -5.06. The molecule has 5 atom stereocenters. The van der Waals surface area contributed by atoms with Crippen molar-refractivity contribution in [3.8, 4) is 0 Å². The zero-order chi connectivity index (χ0) is 40.4. The Labute approximate surface area is 324 Å². The quantitative estimate of drug-likeness (QED) is 0.359. The smallest absolute Gasteiger partial charge is 0.410 e. The summed E-state index contributed by atoms with van der Waals surface area (Å²) in [6.45, 7) is 4.84. The minimum atomic E-state index is -4.43. The van der Waals surface area contributed by atoms with Crippen LogP contribution in [0.4, 0.5) is 18.4 Å². The fraction of sp³-hybridized carbons (Fsp3) is 0.513. The van der Waals surface area contributed by atoms with Gasteiger partial charge in [-0.1, -0.05) is 55.3 Å². The molecule has 3 aliphatic heterocycles. The van der Waals surface area contributed by atoms with Crippen LogP contribution in [0.15, 0.2) is 54.6 Å². The Morgan fingerprint density at radius 1 is 1.00 bits per heavy atom. The second kappa shape index (κ2) is 16.2. The largest absolute Gasteiger partial charge is 0.444 e. The van der Waals surface area contributed by atoms with Crippen LogP contribution in [0.5, 0.6) is 0 Å². The Morgan fingerprint density at radius 2 is 1.75 bits per heavy atom. The lowest BCUT2D eigenvalue weighted by atomic mass is 10.0. The predicted octanol–water partition coefficient (Wildman–Crippen LogP) is 4.32. The molecule has 0 unspecified atom stereocenters. The van der Waals surface area contributed by atoms with E-state index in [-0.39, 0.29) is 44.5 Å². The van der Waals surface area contributed by atoms with Gasteiger partial charge in [0.15, 0.2) is 0 Å². The maximum atomic E-state index is 14.5. The highest BCUT2D eigenvalue weighted by atomic mass is 32.2. The number of allylic oxidation sites excluding steroid dienone is 1.